The molecule has 0 spiro atoms. The molecule has 0 amide bonds. The molecule has 0 bridgehead atoms. The van der Waals surface area contributed by atoms with Crippen LogP contribution in [0.3, 0.4) is 0 Å². The summed E-state index contributed by atoms with van der Waals surface area (Å²) in [7, 11) is 0. The molecule has 0 aliphatic heterocycles. The van der Waals surface area contributed by atoms with Gasteiger partial charge in [0.15, 0.2) is 0 Å². The summed E-state index contributed by atoms with van der Waals surface area (Å²) in [6.07, 6.45) is 8.26. The standard InChI is InChI=1S/C13H28/c1-6-9-12(8-3)11-13(4,5)10-7-2/h12H,6-11H2,1-5H3. The van der Waals surface area contributed by atoms with Gasteiger partial charge >= 0.3 is 0 Å². The fourth-order valence-corrected chi connectivity index (χ4v) is 2.42. The van der Waals surface area contributed by atoms with Gasteiger partial charge in [0.05, 0.1) is 0 Å². The van der Waals surface area contributed by atoms with Gasteiger partial charge in [0.2, 0.25) is 0 Å². The minimum Gasteiger partial charge on any atom is -0.0654 e. The second-order valence-electron chi connectivity index (χ2n) is 5.18. The van der Waals surface area contributed by atoms with Crippen LogP contribution >= 0.6 is 0 Å². The Balaban J connectivity index is 3.89. The van der Waals surface area contributed by atoms with Crippen molar-refractivity contribution in [1.82, 2.24) is 0 Å². The van der Waals surface area contributed by atoms with E-state index < -0.39 is 0 Å². The van der Waals surface area contributed by atoms with Gasteiger partial charge in [-0.3, -0.25) is 0 Å². The van der Waals surface area contributed by atoms with Crippen LogP contribution in [0.1, 0.15) is 73.1 Å². The lowest BCUT2D eigenvalue weighted by atomic mass is 9.77. The number of hydrogen-bond acceptors (Lipinski definition) is 0. The fourth-order valence-electron chi connectivity index (χ4n) is 2.42. The zero-order valence-corrected chi connectivity index (χ0v) is 10.3. The lowest BCUT2D eigenvalue weighted by Crippen LogP contribution is -2.16. The summed E-state index contributed by atoms with van der Waals surface area (Å²) >= 11 is 0. The molecule has 0 aliphatic carbocycles. The Morgan fingerprint density at radius 1 is 1.00 bits per heavy atom. The normalized spacial score (nSPS) is 14.5. The summed E-state index contributed by atoms with van der Waals surface area (Å²) in [5.74, 6) is 0.964. The van der Waals surface area contributed by atoms with Crippen molar-refractivity contribution in [3.8, 4) is 0 Å². The first-order chi connectivity index (χ1) is 6.05. The van der Waals surface area contributed by atoms with E-state index in [1.165, 1.54) is 38.5 Å². The summed E-state index contributed by atoms with van der Waals surface area (Å²) in [4.78, 5) is 0. The SMILES string of the molecule is CCCC(CC)CC(C)(C)CCC. The monoisotopic (exact) mass is 184 g/mol. The topological polar surface area (TPSA) is 0 Å². The fraction of sp³-hybridized carbons (Fsp3) is 1.00. The molecule has 0 N–H and O–H groups in total. The van der Waals surface area contributed by atoms with Crippen LogP contribution in [0.25, 0.3) is 0 Å². The Labute approximate surface area is 85.1 Å². The van der Waals surface area contributed by atoms with Crippen LogP contribution in [0.2, 0.25) is 0 Å². The first-order valence-electron chi connectivity index (χ1n) is 6.05. The first kappa shape index (κ1) is 13.0. The molecule has 0 nitrogen and oxygen atoms in total. The van der Waals surface area contributed by atoms with Gasteiger partial charge in [0, 0.05) is 0 Å². The molecule has 1 unspecified atom stereocenters. The Bertz CT molecular complexity index is 113. The minimum absolute atomic E-state index is 0.574. The van der Waals surface area contributed by atoms with E-state index in [4.69, 9.17) is 0 Å². The molecule has 0 rings (SSSR count). The van der Waals surface area contributed by atoms with Crippen LogP contribution in [0.5, 0.6) is 0 Å². The van der Waals surface area contributed by atoms with E-state index in [9.17, 15) is 0 Å². The molecule has 0 heterocycles. The van der Waals surface area contributed by atoms with E-state index in [1.807, 2.05) is 0 Å². The van der Waals surface area contributed by atoms with Crippen LogP contribution in [-0.4, -0.2) is 0 Å². The average molecular weight is 184 g/mol. The van der Waals surface area contributed by atoms with Crippen molar-refractivity contribution >= 4 is 0 Å². The second kappa shape index (κ2) is 6.45. The zero-order valence-electron chi connectivity index (χ0n) is 10.3. The molecule has 13 heavy (non-hydrogen) atoms. The van der Waals surface area contributed by atoms with Gasteiger partial charge in [-0.05, 0) is 24.2 Å². The van der Waals surface area contributed by atoms with E-state index in [2.05, 4.69) is 34.6 Å². The van der Waals surface area contributed by atoms with Gasteiger partial charge in [-0.15, -0.1) is 0 Å². The third-order valence-electron chi connectivity index (χ3n) is 3.04. The molecule has 0 radical (unpaired) electrons. The lowest BCUT2D eigenvalue weighted by Gasteiger charge is -2.29. The van der Waals surface area contributed by atoms with Crippen LogP contribution in [-0.2, 0) is 0 Å². The highest BCUT2D eigenvalue weighted by Gasteiger charge is 2.20. The van der Waals surface area contributed by atoms with Crippen LogP contribution in [0, 0.1) is 11.3 Å². The molecule has 0 saturated heterocycles. The van der Waals surface area contributed by atoms with Gasteiger partial charge in [0.25, 0.3) is 0 Å². The van der Waals surface area contributed by atoms with Gasteiger partial charge in [0.1, 0.15) is 0 Å². The average Bonchev–Trinajstić information content (AvgIpc) is 2.03. The van der Waals surface area contributed by atoms with Gasteiger partial charge in [-0.2, -0.15) is 0 Å². The van der Waals surface area contributed by atoms with Crippen molar-refractivity contribution in [2.75, 3.05) is 0 Å². The van der Waals surface area contributed by atoms with E-state index in [0.717, 1.165) is 5.92 Å². The molecule has 1 atom stereocenters. The van der Waals surface area contributed by atoms with E-state index in [1.54, 1.807) is 0 Å². The molecule has 0 heteroatoms. The van der Waals surface area contributed by atoms with E-state index >= 15 is 0 Å². The third kappa shape index (κ3) is 6.12. The quantitative estimate of drug-likeness (QED) is 0.520. The van der Waals surface area contributed by atoms with E-state index in [0.29, 0.717) is 5.41 Å². The smallest absolute Gasteiger partial charge is 0.0352 e. The van der Waals surface area contributed by atoms with Crippen molar-refractivity contribution in [2.45, 2.75) is 73.1 Å². The molecular weight excluding hydrogens is 156 g/mol. The Kier molecular flexibility index (Phi) is 6.45. The van der Waals surface area contributed by atoms with Crippen molar-refractivity contribution in [3.05, 3.63) is 0 Å². The Morgan fingerprint density at radius 2 is 1.62 bits per heavy atom. The van der Waals surface area contributed by atoms with Gasteiger partial charge < -0.3 is 0 Å². The van der Waals surface area contributed by atoms with Crippen molar-refractivity contribution in [2.24, 2.45) is 11.3 Å². The molecule has 0 saturated carbocycles. The molecule has 0 aromatic heterocycles. The number of rotatable bonds is 7. The molecular formula is C13H28. The zero-order chi connectivity index (χ0) is 10.3. The predicted molar refractivity (Wildman–Crippen MR) is 62.0 cm³/mol. The third-order valence-corrected chi connectivity index (χ3v) is 3.04. The maximum Gasteiger partial charge on any atom is -0.0352 e. The predicted octanol–water partition coefficient (Wildman–Crippen LogP) is 5.03. The minimum atomic E-state index is 0.574. The molecule has 0 aromatic rings. The van der Waals surface area contributed by atoms with Crippen molar-refractivity contribution < 1.29 is 0 Å². The maximum absolute atomic E-state index is 2.43. The summed E-state index contributed by atoms with van der Waals surface area (Å²) in [6.45, 7) is 11.8. The summed E-state index contributed by atoms with van der Waals surface area (Å²) < 4.78 is 0. The van der Waals surface area contributed by atoms with Crippen LogP contribution in [0.15, 0.2) is 0 Å². The highest BCUT2D eigenvalue weighted by atomic mass is 14.3. The van der Waals surface area contributed by atoms with Gasteiger partial charge in [-0.1, -0.05) is 60.3 Å². The highest BCUT2D eigenvalue weighted by Crippen LogP contribution is 2.33. The van der Waals surface area contributed by atoms with E-state index in [-0.39, 0.29) is 0 Å². The maximum atomic E-state index is 2.43. The van der Waals surface area contributed by atoms with Crippen molar-refractivity contribution in [1.29, 1.82) is 0 Å². The van der Waals surface area contributed by atoms with Crippen molar-refractivity contribution in [3.63, 3.8) is 0 Å². The lowest BCUT2D eigenvalue weighted by molar-refractivity contribution is 0.232. The first-order valence-corrected chi connectivity index (χ1v) is 6.05. The molecule has 0 fully saturated rings. The summed E-state index contributed by atoms with van der Waals surface area (Å²) in [6, 6.07) is 0. The molecule has 0 aliphatic rings. The summed E-state index contributed by atoms with van der Waals surface area (Å²) in [5.41, 5.74) is 0.574. The highest BCUT2D eigenvalue weighted by molar-refractivity contribution is 4.72. The Hall–Kier alpha value is 0. The van der Waals surface area contributed by atoms with Gasteiger partial charge in [-0.25, -0.2) is 0 Å². The largest absolute Gasteiger partial charge is 0.0654 e. The number of hydrogen-bond donors (Lipinski definition) is 0. The van der Waals surface area contributed by atoms with Crippen LogP contribution in [0.4, 0.5) is 0 Å². The molecule has 80 valence electrons. The Morgan fingerprint density at radius 3 is 2.00 bits per heavy atom. The second-order valence-corrected chi connectivity index (χ2v) is 5.18. The summed E-state index contributed by atoms with van der Waals surface area (Å²) in [5, 5.41) is 0. The van der Waals surface area contributed by atoms with Crippen LogP contribution < -0.4 is 0 Å². The molecule has 0 aromatic carbocycles.